The molecule has 1 rings (SSSR count). The molecule has 52 valence electrons. The fourth-order valence-corrected chi connectivity index (χ4v) is 0.722. The number of rotatable bonds is 2. The van der Waals surface area contributed by atoms with Crippen LogP contribution in [0.1, 0.15) is 5.56 Å². The highest BCUT2D eigenvalue weighted by Crippen LogP contribution is 2.03. The summed E-state index contributed by atoms with van der Waals surface area (Å²) in [4.78, 5) is 0. The minimum absolute atomic E-state index is 0.203. The van der Waals surface area contributed by atoms with Crippen molar-refractivity contribution in [1.29, 1.82) is 0 Å². The molecule has 0 amide bonds. The molecule has 0 spiro atoms. The van der Waals surface area contributed by atoms with Crippen LogP contribution in [0.5, 0.6) is 0 Å². The Bertz CT molecular complexity index is 182. The van der Waals surface area contributed by atoms with Crippen LogP contribution in [0.4, 0.5) is 0 Å². The maximum absolute atomic E-state index is 8.47. The fraction of sp³-hybridized carbons (Fsp3) is 0.125. The van der Waals surface area contributed by atoms with Gasteiger partial charge in [-0.05, 0) is 11.6 Å². The van der Waals surface area contributed by atoms with Crippen LogP contribution < -0.4 is 0 Å². The van der Waals surface area contributed by atoms with Gasteiger partial charge in [0.15, 0.2) is 0 Å². The summed E-state index contributed by atoms with van der Waals surface area (Å²) in [6.07, 6.45) is -0.347. The number of hydrogen-bond acceptors (Lipinski definition) is 2. The Morgan fingerprint density at radius 2 is 1.90 bits per heavy atom. The maximum atomic E-state index is 8.47. The molecule has 2 nitrogen and oxygen atoms in total. The molecule has 2 heteroatoms. The summed E-state index contributed by atoms with van der Waals surface area (Å²) in [5.74, 6) is 0. The van der Waals surface area contributed by atoms with Crippen molar-refractivity contribution in [3.8, 4) is 0 Å². The molecule has 0 aliphatic heterocycles. The zero-order chi connectivity index (χ0) is 7.40. The largest absolute Gasteiger partial charge is 0.361 e. The van der Waals surface area contributed by atoms with Gasteiger partial charge in [0.1, 0.15) is 0 Å². The van der Waals surface area contributed by atoms with E-state index in [9.17, 15) is 0 Å². The summed E-state index contributed by atoms with van der Waals surface area (Å²) >= 11 is 0. The first kappa shape index (κ1) is 7.25. The normalized spacial score (nSPS) is 10.3. The molecule has 0 atom stereocenters. The zero-order valence-electron chi connectivity index (χ0n) is 5.41. The summed E-state index contributed by atoms with van der Waals surface area (Å²) in [6.45, 7) is 0. The minimum Gasteiger partial charge on any atom is -0.361 e. The summed E-state index contributed by atoms with van der Waals surface area (Å²) in [7, 11) is 0. The molecule has 0 aromatic heterocycles. The molecule has 0 saturated heterocycles. The van der Waals surface area contributed by atoms with E-state index in [1.54, 1.807) is 24.3 Å². The van der Waals surface area contributed by atoms with E-state index in [1.807, 2.05) is 0 Å². The van der Waals surface area contributed by atoms with Crippen LogP contribution in [-0.2, 0) is 6.42 Å². The van der Waals surface area contributed by atoms with Gasteiger partial charge < -0.3 is 10.2 Å². The average molecular weight is 136 g/mol. The molecular formula is C8H8O2. The van der Waals surface area contributed by atoms with Gasteiger partial charge in [0, 0.05) is 6.42 Å². The van der Waals surface area contributed by atoms with E-state index in [4.69, 9.17) is 10.2 Å². The highest BCUT2D eigenvalue weighted by atomic mass is 16.5. The maximum Gasteiger partial charge on any atom is 0.222 e. The molecule has 1 aromatic carbocycles. The van der Waals surface area contributed by atoms with Crippen molar-refractivity contribution in [2.24, 2.45) is 0 Å². The molecule has 1 aromatic rings. The standard InChI is InChI=1S/C8H8O2/c9-8(10)6-7-4-2-1-3-5-7/h2-5,9-10H,6H2. The molecule has 10 heavy (non-hydrogen) atoms. The van der Waals surface area contributed by atoms with Gasteiger partial charge in [-0.15, -0.1) is 0 Å². The number of aliphatic hydroxyl groups excluding tert-OH is 1. The Kier molecular flexibility index (Phi) is 2.42. The Morgan fingerprint density at radius 1 is 1.30 bits per heavy atom. The quantitative estimate of drug-likeness (QED) is 0.642. The molecule has 0 aliphatic carbocycles. The Morgan fingerprint density at radius 3 is 2.40 bits per heavy atom. The van der Waals surface area contributed by atoms with Gasteiger partial charge in [0.25, 0.3) is 0 Å². The smallest absolute Gasteiger partial charge is 0.222 e. The summed E-state index contributed by atoms with van der Waals surface area (Å²) in [5, 5.41) is 16.9. The van der Waals surface area contributed by atoms with Gasteiger partial charge in [-0.3, -0.25) is 0 Å². The first-order chi connectivity index (χ1) is 4.79. The van der Waals surface area contributed by atoms with Gasteiger partial charge in [0.05, 0.1) is 0 Å². The highest BCUT2D eigenvalue weighted by Gasteiger charge is 1.99. The molecule has 2 N–H and O–H groups in total. The van der Waals surface area contributed by atoms with Crippen molar-refractivity contribution < 1.29 is 10.2 Å². The Balaban J connectivity index is 2.59. The lowest BCUT2D eigenvalue weighted by molar-refractivity contribution is 0.0795. The van der Waals surface area contributed by atoms with Crippen molar-refractivity contribution in [2.75, 3.05) is 0 Å². The second-order valence-corrected chi connectivity index (χ2v) is 2.00. The first-order valence-corrected chi connectivity index (χ1v) is 2.98. The predicted octanol–water partition coefficient (Wildman–Crippen LogP) is 1.26. The molecule has 0 fully saturated rings. The van der Waals surface area contributed by atoms with Crippen molar-refractivity contribution in [1.82, 2.24) is 0 Å². The molecule has 2 radical (unpaired) electrons. The van der Waals surface area contributed by atoms with Gasteiger partial charge in [-0.1, -0.05) is 24.3 Å². The minimum atomic E-state index is -0.550. The number of hydrogen-bond donors (Lipinski definition) is 2. The van der Waals surface area contributed by atoms with Crippen LogP contribution >= 0.6 is 0 Å². The lowest BCUT2D eigenvalue weighted by Gasteiger charge is -1.99. The highest BCUT2D eigenvalue weighted by molar-refractivity contribution is 5.15. The topological polar surface area (TPSA) is 40.5 Å². The first-order valence-electron chi connectivity index (χ1n) is 2.98. The summed E-state index contributed by atoms with van der Waals surface area (Å²) in [5.41, 5.74) is 0.874. The monoisotopic (exact) mass is 136 g/mol. The van der Waals surface area contributed by atoms with Crippen LogP contribution in [0, 0.1) is 12.4 Å². The van der Waals surface area contributed by atoms with E-state index >= 15 is 0 Å². The third-order valence-corrected chi connectivity index (χ3v) is 1.15. The molecule has 0 saturated carbocycles. The second kappa shape index (κ2) is 3.34. The van der Waals surface area contributed by atoms with Gasteiger partial charge >= 0.3 is 0 Å². The molecule has 0 aliphatic rings. The van der Waals surface area contributed by atoms with Crippen LogP contribution in [0.15, 0.2) is 24.3 Å². The van der Waals surface area contributed by atoms with Gasteiger partial charge in [-0.2, -0.15) is 0 Å². The predicted molar refractivity (Wildman–Crippen MR) is 36.1 cm³/mol. The lowest BCUT2D eigenvalue weighted by atomic mass is 10.1. The van der Waals surface area contributed by atoms with Gasteiger partial charge in [-0.25, -0.2) is 0 Å². The van der Waals surface area contributed by atoms with Crippen molar-refractivity contribution >= 4 is 0 Å². The Labute approximate surface area is 59.7 Å². The zero-order valence-corrected chi connectivity index (χ0v) is 5.41. The van der Waals surface area contributed by atoms with Gasteiger partial charge in [0.2, 0.25) is 6.29 Å². The van der Waals surface area contributed by atoms with E-state index in [0.717, 1.165) is 5.56 Å². The van der Waals surface area contributed by atoms with Crippen LogP contribution in [-0.4, -0.2) is 10.2 Å². The molecule has 0 heterocycles. The molecular weight excluding hydrogens is 128 g/mol. The van der Waals surface area contributed by atoms with E-state index in [2.05, 4.69) is 6.07 Å². The third kappa shape index (κ3) is 2.17. The van der Waals surface area contributed by atoms with E-state index in [0.29, 0.717) is 0 Å². The van der Waals surface area contributed by atoms with Crippen molar-refractivity contribution in [3.63, 3.8) is 0 Å². The fourth-order valence-electron chi connectivity index (χ4n) is 0.722. The van der Waals surface area contributed by atoms with Crippen LogP contribution in [0.3, 0.4) is 0 Å². The number of aliphatic hydroxyl groups is 2. The third-order valence-electron chi connectivity index (χ3n) is 1.15. The second-order valence-electron chi connectivity index (χ2n) is 2.00. The Hall–Kier alpha value is -0.860. The summed E-state index contributed by atoms with van der Waals surface area (Å²) < 4.78 is 0. The summed E-state index contributed by atoms with van der Waals surface area (Å²) in [6, 6.07) is 9.87. The number of benzene rings is 1. The average Bonchev–Trinajstić information content (AvgIpc) is 1.88. The van der Waals surface area contributed by atoms with Crippen molar-refractivity contribution in [3.05, 3.63) is 42.2 Å². The van der Waals surface area contributed by atoms with E-state index in [1.165, 1.54) is 0 Å². The molecule has 0 unspecified atom stereocenters. The lowest BCUT2D eigenvalue weighted by Crippen LogP contribution is -1.97. The van der Waals surface area contributed by atoms with E-state index in [-0.39, 0.29) is 6.42 Å². The molecule has 0 bridgehead atoms. The SMILES string of the molecule is O[C](O)Cc1cc[c]cc1. The van der Waals surface area contributed by atoms with Crippen LogP contribution in [0.2, 0.25) is 0 Å². The van der Waals surface area contributed by atoms with Crippen molar-refractivity contribution in [2.45, 2.75) is 6.42 Å². The van der Waals surface area contributed by atoms with E-state index < -0.39 is 6.29 Å². The van der Waals surface area contributed by atoms with Crippen LogP contribution in [0.25, 0.3) is 0 Å².